The Labute approximate surface area is 380 Å². The normalized spacial score (nSPS) is 20.7. The first-order chi connectivity index (χ1) is 30.8. The highest BCUT2D eigenvalue weighted by atomic mass is 16.5. The molecule has 4 atom stereocenters. The molecule has 0 radical (unpaired) electrons. The molecule has 3 aliphatic heterocycles. The van der Waals surface area contributed by atoms with Gasteiger partial charge in [-0.1, -0.05) is 46.4 Å². The van der Waals surface area contributed by atoms with Crippen molar-refractivity contribution in [2.45, 2.75) is 97.3 Å². The minimum Gasteiger partial charge on any atom is -0.508 e. The SMILES string of the molecule is C=CC(=O)N1CC[C@H](C(=O)N(C)[C@H](C(=O)N[C@H]2Cc3cc(O)cc(c3)-c3ccc4c(c3)c(c(-c3ccncc3)n4C(C)(C)C#N)CC(C)(C)COC(=O)[C@@H]3CCCN(N3)C2=O)C(C)C)C1. The number of likely N-dealkylation sites (tertiary alicyclic amines) is 1. The number of nitrogens with zero attached hydrogens (tertiary/aromatic N) is 6. The number of carbonyl (C=O) groups excluding carboxylic acids is 5. The first kappa shape index (κ1) is 46.5. The summed E-state index contributed by atoms with van der Waals surface area (Å²) in [6, 6.07) is 14.4. The van der Waals surface area contributed by atoms with Gasteiger partial charge < -0.3 is 29.5 Å². The lowest BCUT2D eigenvalue weighted by molar-refractivity contribution is -0.155. The van der Waals surface area contributed by atoms with E-state index in [0.29, 0.717) is 43.4 Å². The molecular formula is C50H60N8O7. The van der Waals surface area contributed by atoms with Crippen LogP contribution >= 0.6 is 0 Å². The van der Waals surface area contributed by atoms with E-state index in [9.17, 15) is 34.3 Å². The first-order valence-electron chi connectivity index (χ1n) is 22.4. The highest BCUT2D eigenvalue weighted by Gasteiger charge is 2.40. The Morgan fingerprint density at radius 1 is 1.06 bits per heavy atom. The largest absolute Gasteiger partial charge is 0.508 e. The Hall–Kier alpha value is -6.53. The van der Waals surface area contributed by atoms with Gasteiger partial charge in [-0.25, -0.2) is 5.43 Å². The van der Waals surface area contributed by atoms with Gasteiger partial charge in [-0.3, -0.25) is 34.0 Å². The van der Waals surface area contributed by atoms with Gasteiger partial charge in [0.05, 0.1) is 29.8 Å². The number of hydrogen-bond donors (Lipinski definition) is 3. The number of hydrogen-bond acceptors (Lipinski definition) is 10. The van der Waals surface area contributed by atoms with Crippen molar-refractivity contribution in [2.75, 3.05) is 33.3 Å². The summed E-state index contributed by atoms with van der Waals surface area (Å²) in [5.74, 6) is -3.01. The maximum atomic E-state index is 14.7. The van der Waals surface area contributed by atoms with Crippen molar-refractivity contribution in [2.24, 2.45) is 17.3 Å². The van der Waals surface area contributed by atoms with Gasteiger partial charge in [0.25, 0.3) is 5.91 Å². The lowest BCUT2D eigenvalue weighted by atomic mass is 9.84. The molecule has 4 aromatic rings. The van der Waals surface area contributed by atoms with Gasteiger partial charge in [-0.2, -0.15) is 5.26 Å². The fourth-order valence-corrected chi connectivity index (χ4v) is 9.65. The van der Waals surface area contributed by atoms with Crippen LogP contribution < -0.4 is 10.7 Å². The Morgan fingerprint density at radius 2 is 1.80 bits per heavy atom. The van der Waals surface area contributed by atoms with E-state index in [4.69, 9.17) is 4.74 Å². The van der Waals surface area contributed by atoms with Crippen LogP contribution in [0.25, 0.3) is 33.3 Å². The Kier molecular flexibility index (Phi) is 13.2. The van der Waals surface area contributed by atoms with Gasteiger partial charge in [0, 0.05) is 61.9 Å². The van der Waals surface area contributed by atoms with Crippen LogP contribution in [0.3, 0.4) is 0 Å². The highest BCUT2D eigenvalue weighted by Crippen LogP contribution is 2.43. The number of hydrazine groups is 1. The molecule has 0 spiro atoms. The van der Waals surface area contributed by atoms with Crippen molar-refractivity contribution >= 4 is 40.5 Å². The van der Waals surface area contributed by atoms with Gasteiger partial charge in [-0.15, -0.1) is 0 Å². The van der Waals surface area contributed by atoms with E-state index in [1.807, 2.05) is 77.9 Å². The number of phenolic OH excluding ortho intramolecular Hbond substituents is 1. The molecule has 0 aliphatic carbocycles. The van der Waals surface area contributed by atoms with Crippen molar-refractivity contribution in [3.63, 3.8) is 0 Å². The summed E-state index contributed by atoms with van der Waals surface area (Å²) in [6.45, 7) is 15.9. The Morgan fingerprint density at radius 3 is 2.49 bits per heavy atom. The number of fused-ring (bicyclic) bond motifs is 6. The number of ether oxygens (including phenoxy) is 1. The molecule has 0 unspecified atom stereocenters. The third kappa shape index (κ3) is 9.64. The fourth-order valence-electron chi connectivity index (χ4n) is 9.65. The van der Waals surface area contributed by atoms with Crippen LogP contribution in [-0.2, 0) is 47.1 Å². The Bertz CT molecular complexity index is 2560. The van der Waals surface area contributed by atoms with Gasteiger partial charge in [0.15, 0.2) is 0 Å². The van der Waals surface area contributed by atoms with Crippen LogP contribution in [0.5, 0.6) is 5.75 Å². The maximum absolute atomic E-state index is 14.7. The molecule has 5 heterocycles. The molecule has 0 saturated carbocycles. The van der Waals surface area contributed by atoms with E-state index in [1.165, 1.54) is 16.0 Å². The van der Waals surface area contributed by atoms with Gasteiger partial charge >= 0.3 is 5.97 Å². The first-order valence-corrected chi connectivity index (χ1v) is 22.4. The second-order valence-corrected chi connectivity index (χ2v) is 19.3. The zero-order valence-corrected chi connectivity index (χ0v) is 38.4. The average molecular weight is 885 g/mol. The van der Waals surface area contributed by atoms with Gasteiger partial charge in [0.1, 0.15) is 29.4 Å². The van der Waals surface area contributed by atoms with Crippen LogP contribution in [0.1, 0.15) is 71.9 Å². The van der Waals surface area contributed by atoms with Crippen molar-refractivity contribution in [1.82, 2.24) is 35.1 Å². The molecule has 65 heavy (non-hydrogen) atoms. The Balaban J connectivity index is 1.32. The van der Waals surface area contributed by atoms with Crippen molar-refractivity contribution in [3.8, 4) is 34.2 Å². The van der Waals surface area contributed by atoms with E-state index >= 15 is 0 Å². The van der Waals surface area contributed by atoms with Gasteiger partial charge in [-0.05, 0) is 110 Å². The number of amides is 4. The molecule has 2 saturated heterocycles. The number of aromatic nitrogens is 2. The van der Waals surface area contributed by atoms with Crippen LogP contribution in [-0.4, -0.2) is 110 Å². The molecule has 6 bridgehead atoms. The number of nitriles is 1. The van der Waals surface area contributed by atoms with Crippen LogP contribution in [0, 0.1) is 28.6 Å². The molecule has 15 nitrogen and oxygen atoms in total. The number of phenols is 1. The highest BCUT2D eigenvalue weighted by molar-refractivity contribution is 5.96. The predicted molar refractivity (Wildman–Crippen MR) is 245 cm³/mol. The minimum atomic E-state index is -1.19. The van der Waals surface area contributed by atoms with Gasteiger partial charge in [0.2, 0.25) is 17.7 Å². The minimum absolute atomic E-state index is 0.0381. The van der Waals surface area contributed by atoms with E-state index in [2.05, 4.69) is 32.9 Å². The third-order valence-electron chi connectivity index (χ3n) is 12.9. The lowest BCUT2D eigenvalue weighted by Gasteiger charge is -2.37. The zero-order chi connectivity index (χ0) is 47.0. The number of cyclic esters (lactones) is 1. The van der Waals surface area contributed by atoms with Crippen molar-refractivity contribution in [3.05, 3.63) is 84.7 Å². The number of benzene rings is 2. The quantitative estimate of drug-likeness (QED) is 0.151. The molecule has 2 fully saturated rings. The molecule has 3 aliphatic rings. The maximum Gasteiger partial charge on any atom is 0.324 e. The monoisotopic (exact) mass is 884 g/mol. The van der Waals surface area contributed by atoms with E-state index in [-0.39, 0.29) is 49.6 Å². The van der Waals surface area contributed by atoms with E-state index in [0.717, 1.165) is 33.3 Å². The zero-order valence-electron chi connectivity index (χ0n) is 38.4. The van der Waals surface area contributed by atoms with Crippen LogP contribution in [0.2, 0.25) is 0 Å². The topological polar surface area (TPSA) is 190 Å². The standard InChI is InChI=1S/C50H60N8O7/c1-9-42(60)56-20-16-34(27-56)46(62)55(8)43(30(2)3)45(61)53-40-23-31-21-35(24-36(59)22-31)33-12-13-41-37(25-33)38(44(32-14-17-52-18-15-32)58(41)50(6,7)28-51)26-49(4,5)29-65-48(64)39-11-10-19-57(54-39)47(40)63/h9,12-15,17-18,21-22,24-25,30,34,39-40,43,54,59H,1,10-11,16,19-20,23,26-27,29H2,2-8H3,(H,53,61)/t34-,39-,40-,43-/m0/s1. The molecule has 7 rings (SSSR count). The smallest absolute Gasteiger partial charge is 0.324 e. The van der Waals surface area contributed by atoms with E-state index < -0.39 is 52.8 Å². The molecule has 15 heteroatoms. The third-order valence-corrected chi connectivity index (χ3v) is 12.9. The summed E-state index contributed by atoms with van der Waals surface area (Å²) < 4.78 is 8.11. The number of esters is 1. The number of likely N-dealkylation sites (N-methyl/N-ethyl adjacent to an activating group) is 1. The summed E-state index contributed by atoms with van der Waals surface area (Å²) >= 11 is 0. The van der Waals surface area contributed by atoms with E-state index in [1.54, 1.807) is 36.5 Å². The number of nitrogens with one attached hydrogen (secondary N) is 2. The molecule has 3 N–H and O–H groups in total. The summed E-state index contributed by atoms with van der Waals surface area (Å²) in [7, 11) is 1.57. The summed E-state index contributed by atoms with van der Waals surface area (Å²) in [4.78, 5) is 76.5. The lowest BCUT2D eigenvalue weighted by Crippen LogP contribution is -2.62. The number of aromatic hydroxyl groups is 1. The number of carbonyl (C=O) groups is 5. The summed E-state index contributed by atoms with van der Waals surface area (Å²) in [5.41, 5.74) is 6.99. The molecule has 2 aromatic heterocycles. The van der Waals surface area contributed by atoms with Crippen LogP contribution in [0.4, 0.5) is 0 Å². The molecule has 2 aromatic carbocycles. The summed E-state index contributed by atoms with van der Waals surface area (Å²) in [5, 5.41) is 27.1. The predicted octanol–water partition coefficient (Wildman–Crippen LogP) is 5.50. The summed E-state index contributed by atoms with van der Waals surface area (Å²) in [6.07, 6.45) is 6.44. The molecular weight excluding hydrogens is 825 g/mol. The average Bonchev–Trinajstić information content (AvgIpc) is 3.90. The number of rotatable bonds is 8. The van der Waals surface area contributed by atoms with Crippen molar-refractivity contribution in [1.29, 1.82) is 5.26 Å². The molecule has 342 valence electrons. The molecule has 4 amide bonds. The fraction of sp³-hybridized carbons (Fsp3) is 0.460. The second-order valence-electron chi connectivity index (χ2n) is 19.3. The van der Waals surface area contributed by atoms with Crippen molar-refractivity contribution < 1.29 is 33.8 Å². The number of pyridine rings is 1. The van der Waals surface area contributed by atoms with Crippen LogP contribution in [0.15, 0.2) is 73.6 Å². The second kappa shape index (κ2) is 18.5.